The first-order valence-electron chi connectivity index (χ1n) is 10.8. The summed E-state index contributed by atoms with van der Waals surface area (Å²) < 4.78 is 1.75. The van der Waals surface area contributed by atoms with Crippen LogP contribution in [0.4, 0.5) is 11.5 Å². The molecule has 2 heterocycles. The smallest absolute Gasteiger partial charge is 0.250 e. The minimum absolute atomic E-state index is 0.0609. The number of rotatable bonds is 5. The number of hydrogen-bond donors (Lipinski definition) is 2. The van der Waals surface area contributed by atoms with Gasteiger partial charge in [0.25, 0.3) is 5.91 Å². The lowest BCUT2D eigenvalue weighted by atomic mass is 9.86. The molecule has 1 atom stereocenters. The fraction of sp³-hybridized carbons (Fsp3) is 0.280. The highest BCUT2D eigenvalue weighted by molar-refractivity contribution is 6.03. The molecule has 0 radical (unpaired) electrons. The topological polar surface area (TPSA) is 102 Å². The molecule has 3 N–H and O–H groups in total. The van der Waals surface area contributed by atoms with Gasteiger partial charge in [-0.2, -0.15) is 5.10 Å². The normalized spacial score (nSPS) is 15.3. The summed E-state index contributed by atoms with van der Waals surface area (Å²) >= 11 is 0. The van der Waals surface area contributed by atoms with Crippen molar-refractivity contribution in [2.45, 2.75) is 40.0 Å². The summed E-state index contributed by atoms with van der Waals surface area (Å²) in [6.07, 6.45) is 8.82. The first kappa shape index (κ1) is 22.9. The van der Waals surface area contributed by atoms with Crippen molar-refractivity contribution in [2.24, 2.45) is 5.92 Å². The van der Waals surface area contributed by atoms with Gasteiger partial charge in [0.1, 0.15) is 23.3 Å². The average Bonchev–Trinajstić information content (AvgIpc) is 3.22. The van der Waals surface area contributed by atoms with Gasteiger partial charge in [0, 0.05) is 40.7 Å². The number of allylic oxidation sites excluding steroid dienone is 2. The summed E-state index contributed by atoms with van der Waals surface area (Å²) in [7, 11) is 0. The SMILES string of the molecule is C=C(C)C(=O)Nc1ccc(-c2nn3ccnc(N)c3c2C2=CCC(C=O)CC2)cc1.CC. The van der Waals surface area contributed by atoms with E-state index >= 15 is 0 Å². The Labute approximate surface area is 188 Å². The quantitative estimate of drug-likeness (QED) is 0.442. The van der Waals surface area contributed by atoms with Crippen LogP contribution in [-0.4, -0.2) is 26.8 Å². The Bertz CT molecular complexity index is 1180. The van der Waals surface area contributed by atoms with Crippen molar-refractivity contribution in [1.82, 2.24) is 14.6 Å². The fourth-order valence-electron chi connectivity index (χ4n) is 3.69. The maximum Gasteiger partial charge on any atom is 0.250 e. The Balaban J connectivity index is 0.00000141. The average molecular weight is 432 g/mol. The van der Waals surface area contributed by atoms with Crippen LogP contribution in [0.2, 0.25) is 0 Å². The zero-order valence-electron chi connectivity index (χ0n) is 18.8. The largest absolute Gasteiger partial charge is 0.382 e. The van der Waals surface area contributed by atoms with Crippen LogP contribution in [-0.2, 0) is 9.59 Å². The number of carbonyl (C=O) groups excluding carboxylic acids is 2. The number of hydrogen-bond acceptors (Lipinski definition) is 5. The summed E-state index contributed by atoms with van der Waals surface area (Å²) in [6.45, 7) is 9.32. The number of nitrogen functional groups attached to an aromatic ring is 1. The van der Waals surface area contributed by atoms with Gasteiger partial charge in [-0.1, -0.05) is 38.6 Å². The van der Waals surface area contributed by atoms with Crippen LogP contribution in [0.5, 0.6) is 0 Å². The van der Waals surface area contributed by atoms with Crippen LogP contribution in [0.3, 0.4) is 0 Å². The van der Waals surface area contributed by atoms with E-state index in [4.69, 9.17) is 10.8 Å². The molecule has 32 heavy (non-hydrogen) atoms. The standard InChI is InChI=1S/C23H23N5O2.C2H6/c1-14(2)23(30)26-18-9-7-17(8-10-18)20-19(16-5-3-15(13-29)4-6-16)21-22(24)25-11-12-28(21)27-20;1-2/h5,7-13,15H,1,3-4,6H2,2H3,(H2,24,25)(H,26,30);1-2H3. The van der Waals surface area contributed by atoms with E-state index in [1.165, 1.54) is 0 Å². The molecular weight excluding hydrogens is 402 g/mol. The molecule has 7 nitrogen and oxygen atoms in total. The Morgan fingerprint density at radius 1 is 1.28 bits per heavy atom. The van der Waals surface area contributed by atoms with Crippen LogP contribution >= 0.6 is 0 Å². The number of carbonyl (C=O) groups is 2. The fourth-order valence-corrected chi connectivity index (χ4v) is 3.69. The van der Waals surface area contributed by atoms with E-state index in [-0.39, 0.29) is 11.8 Å². The predicted octanol–water partition coefficient (Wildman–Crippen LogP) is 4.90. The third-order valence-electron chi connectivity index (χ3n) is 5.34. The summed E-state index contributed by atoms with van der Waals surface area (Å²) in [5.74, 6) is 0.257. The number of nitrogens with two attached hydrogens (primary N) is 1. The molecule has 1 amide bonds. The molecule has 0 saturated heterocycles. The van der Waals surface area contributed by atoms with E-state index in [0.717, 1.165) is 47.0 Å². The van der Waals surface area contributed by atoms with Gasteiger partial charge in [0.15, 0.2) is 0 Å². The number of benzene rings is 1. The Kier molecular flexibility index (Phi) is 7.20. The van der Waals surface area contributed by atoms with Crippen LogP contribution in [0.25, 0.3) is 22.3 Å². The summed E-state index contributed by atoms with van der Waals surface area (Å²) in [5, 5.41) is 7.57. The Hall–Kier alpha value is -3.74. The summed E-state index contributed by atoms with van der Waals surface area (Å²) in [4.78, 5) is 27.2. The molecular formula is C25H29N5O2. The number of aromatic nitrogens is 3. The van der Waals surface area contributed by atoms with Crippen molar-refractivity contribution in [1.29, 1.82) is 0 Å². The van der Waals surface area contributed by atoms with Crippen molar-refractivity contribution < 1.29 is 9.59 Å². The van der Waals surface area contributed by atoms with Crippen molar-refractivity contribution in [3.8, 4) is 11.3 Å². The van der Waals surface area contributed by atoms with Crippen LogP contribution in [0.15, 0.2) is 54.9 Å². The molecule has 0 fully saturated rings. The molecule has 166 valence electrons. The van der Waals surface area contributed by atoms with Crippen LogP contribution < -0.4 is 11.1 Å². The molecule has 0 spiro atoms. The molecule has 7 heteroatoms. The van der Waals surface area contributed by atoms with E-state index in [1.54, 1.807) is 23.8 Å². The maximum atomic E-state index is 11.9. The Morgan fingerprint density at radius 2 is 2.00 bits per heavy atom. The molecule has 1 aliphatic rings. The highest BCUT2D eigenvalue weighted by atomic mass is 16.1. The first-order valence-corrected chi connectivity index (χ1v) is 10.8. The summed E-state index contributed by atoms with van der Waals surface area (Å²) in [5.41, 5.74) is 11.9. The molecule has 4 rings (SSSR count). The van der Waals surface area contributed by atoms with Crippen molar-refractivity contribution in [2.75, 3.05) is 11.1 Å². The molecule has 1 aliphatic carbocycles. The van der Waals surface area contributed by atoms with Gasteiger partial charge >= 0.3 is 0 Å². The van der Waals surface area contributed by atoms with Crippen LogP contribution in [0.1, 0.15) is 45.6 Å². The second-order valence-corrected chi connectivity index (χ2v) is 7.54. The van der Waals surface area contributed by atoms with E-state index in [1.807, 2.05) is 38.1 Å². The maximum absolute atomic E-state index is 11.9. The number of aldehydes is 1. The highest BCUT2D eigenvalue weighted by Gasteiger charge is 2.23. The van der Waals surface area contributed by atoms with Crippen molar-refractivity contribution in [3.63, 3.8) is 0 Å². The minimum Gasteiger partial charge on any atom is -0.382 e. The second kappa shape index (κ2) is 10.0. The number of nitrogens with zero attached hydrogens (tertiary/aromatic N) is 3. The monoisotopic (exact) mass is 431 g/mol. The van der Waals surface area contributed by atoms with E-state index in [2.05, 4.69) is 23.0 Å². The van der Waals surface area contributed by atoms with Gasteiger partial charge in [0.2, 0.25) is 0 Å². The van der Waals surface area contributed by atoms with Gasteiger partial charge in [-0.15, -0.1) is 0 Å². The lowest BCUT2D eigenvalue weighted by Gasteiger charge is -2.18. The van der Waals surface area contributed by atoms with Gasteiger partial charge in [0.05, 0.1) is 0 Å². The molecule has 1 aromatic carbocycles. The number of anilines is 2. The zero-order valence-corrected chi connectivity index (χ0v) is 18.8. The van der Waals surface area contributed by atoms with Gasteiger partial charge in [-0.25, -0.2) is 9.50 Å². The van der Waals surface area contributed by atoms with E-state index in [0.29, 0.717) is 23.5 Å². The van der Waals surface area contributed by atoms with E-state index < -0.39 is 0 Å². The zero-order chi connectivity index (χ0) is 23.3. The molecule has 0 aliphatic heterocycles. The van der Waals surface area contributed by atoms with Crippen LogP contribution in [0, 0.1) is 5.92 Å². The lowest BCUT2D eigenvalue weighted by molar-refractivity contribution is -0.113. The molecule has 0 bridgehead atoms. The van der Waals surface area contributed by atoms with Crippen molar-refractivity contribution >= 4 is 34.8 Å². The van der Waals surface area contributed by atoms with Gasteiger partial charge < -0.3 is 15.8 Å². The lowest BCUT2D eigenvalue weighted by Crippen LogP contribution is -2.11. The Morgan fingerprint density at radius 3 is 2.59 bits per heavy atom. The summed E-state index contributed by atoms with van der Waals surface area (Å²) in [6, 6.07) is 7.51. The number of amides is 1. The first-order chi connectivity index (χ1) is 15.5. The van der Waals surface area contributed by atoms with E-state index in [9.17, 15) is 9.59 Å². The molecule has 0 saturated carbocycles. The second-order valence-electron chi connectivity index (χ2n) is 7.54. The highest BCUT2D eigenvalue weighted by Crippen LogP contribution is 2.39. The predicted molar refractivity (Wildman–Crippen MR) is 129 cm³/mol. The van der Waals surface area contributed by atoms with Crippen molar-refractivity contribution in [3.05, 3.63) is 60.5 Å². The third kappa shape index (κ3) is 4.61. The minimum atomic E-state index is -0.216. The molecule has 2 aromatic heterocycles. The third-order valence-corrected chi connectivity index (χ3v) is 5.34. The van der Waals surface area contributed by atoms with Gasteiger partial charge in [-0.3, -0.25) is 4.79 Å². The molecule has 1 unspecified atom stereocenters. The number of nitrogens with one attached hydrogen (secondary N) is 1. The molecule has 3 aromatic rings. The number of fused-ring (bicyclic) bond motifs is 1. The van der Waals surface area contributed by atoms with Gasteiger partial charge in [-0.05, 0) is 43.9 Å².